The van der Waals surface area contributed by atoms with E-state index in [1.54, 1.807) is 4.90 Å². The maximum Gasteiger partial charge on any atom is 0.251 e. The number of likely N-dealkylation sites (tertiary alicyclic amines) is 1. The Labute approximate surface area is 142 Å². The Bertz CT molecular complexity index is 766. The van der Waals surface area contributed by atoms with Crippen LogP contribution < -0.4 is 5.32 Å². The average molecular weight is 349 g/mol. The lowest BCUT2D eigenvalue weighted by atomic mass is 10.0. The van der Waals surface area contributed by atoms with Crippen molar-refractivity contribution in [3.8, 4) is 0 Å². The van der Waals surface area contributed by atoms with E-state index in [-0.39, 0.29) is 24.1 Å². The molecule has 0 bridgehead atoms. The Morgan fingerprint density at radius 1 is 1.28 bits per heavy atom. The predicted molar refractivity (Wildman–Crippen MR) is 83.4 cm³/mol. The van der Waals surface area contributed by atoms with Crippen LogP contribution in [0.1, 0.15) is 41.5 Å². The lowest BCUT2D eigenvalue weighted by Crippen LogP contribution is -2.44. The Kier molecular flexibility index (Phi) is 5.01. The third-order valence-corrected chi connectivity index (χ3v) is 4.15. The molecule has 0 saturated carbocycles. The molecule has 1 fully saturated rings. The van der Waals surface area contributed by atoms with Crippen LogP contribution in [0.4, 0.5) is 8.78 Å². The van der Waals surface area contributed by atoms with Crippen LogP contribution in [0.3, 0.4) is 0 Å². The second-order valence-electron chi connectivity index (χ2n) is 5.78. The summed E-state index contributed by atoms with van der Waals surface area (Å²) in [5.74, 6) is -2.44. The van der Waals surface area contributed by atoms with E-state index in [0.717, 1.165) is 37.5 Å². The molecule has 7 nitrogen and oxygen atoms in total. The SMILES string of the molecule is O=C(NCC(=O)N1CCCCC1c1ncn[nH]1)c1ccc(F)c(F)c1. The zero-order valence-corrected chi connectivity index (χ0v) is 13.3. The van der Waals surface area contributed by atoms with E-state index in [9.17, 15) is 18.4 Å². The summed E-state index contributed by atoms with van der Waals surface area (Å²) in [5.41, 5.74) is -0.0443. The van der Waals surface area contributed by atoms with Crippen LogP contribution in [0.5, 0.6) is 0 Å². The Morgan fingerprint density at radius 3 is 2.84 bits per heavy atom. The van der Waals surface area contributed by atoms with Gasteiger partial charge in [0.15, 0.2) is 11.6 Å². The summed E-state index contributed by atoms with van der Waals surface area (Å²) in [6, 6.07) is 2.63. The first kappa shape index (κ1) is 17.0. The van der Waals surface area contributed by atoms with Crippen LogP contribution in [0.25, 0.3) is 0 Å². The van der Waals surface area contributed by atoms with Gasteiger partial charge in [-0.15, -0.1) is 0 Å². The van der Waals surface area contributed by atoms with E-state index < -0.39 is 17.5 Å². The zero-order chi connectivity index (χ0) is 17.8. The molecule has 25 heavy (non-hydrogen) atoms. The van der Waals surface area contributed by atoms with Gasteiger partial charge in [-0.1, -0.05) is 0 Å². The molecule has 2 amide bonds. The van der Waals surface area contributed by atoms with E-state index in [4.69, 9.17) is 0 Å². The molecule has 1 aromatic carbocycles. The van der Waals surface area contributed by atoms with Gasteiger partial charge in [-0.2, -0.15) is 5.10 Å². The Morgan fingerprint density at radius 2 is 2.12 bits per heavy atom. The fraction of sp³-hybridized carbons (Fsp3) is 0.375. The smallest absolute Gasteiger partial charge is 0.251 e. The summed E-state index contributed by atoms with van der Waals surface area (Å²) < 4.78 is 26.1. The molecular weight excluding hydrogens is 332 g/mol. The van der Waals surface area contributed by atoms with Crippen LogP contribution in [0.15, 0.2) is 24.5 Å². The van der Waals surface area contributed by atoms with Gasteiger partial charge in [-0.3, -0.25) is 14.7 Å². The van der Waals surface area contributed by atoms with Crippen LogP contribution in [0, 0.1) is 11.6 Å². The number of aromatic nitrogens is 3. The minimum atomic E-state index is -1.11. The van der Waals surface area contributed by atoms with Gasteiger partial charge < -0.3 is 10.2 Å². The maximum atomic E-state index is 13.2. The number of amides is 2. The second kappa shape index (κ2) is 7.37. The van der Waals surface area contributed by atoms with Crippen molar-refractivity contribution >= 4 is 11.8 Å². The van der Waals surface area contributed by atoms with Gasteiger partial charge in [0.05, 0.1) is 12.6 Å². The number of hydrogen-bond donors (Lipinski definition) is 2. The zero-order valence-electron chi connectivity index (χ0n) is 13.3. The number of halogens is 2. The lowest BCUT2D eigenvalue weighted by Gasteiger charge is -2.34. The first-order valence-electron chi connectivity index (χ1n) is 7.94. The monoisotopic (exact) mass is 349 g/mol. The Balaban J connectivity index is 1.62. The molecule has 1 aliphatic heterocycles. The van der Waals surface area contributed by atoms with Gasteiger partial charge in [-0.25, -0.2) is 13.8 Å². The molecule has 1 aromatic heterocycles. The number of piperidine rings is 1. The number of hydrogen-bond acceptors (Lipinski definition) is 4. The maximum absolute atomic E-state index is 13.2. The molecule has 132 valence electrons. The average Bonchev–Trinajstić information content (AvgIpc) is 3.16. The van der Waals surface area contributed by atoms with Crippen molar-refractivity contribution in [2.45, 2.75) is 25.3 Å². The third-order valence-electron chi connectivity index (χ3n) is 4.15. The predicted octanol–water partition coefficient (Wildman–Crippen LogP) is 1.57. The molecule has 0 radical (unpaired) electrons. The van der Waals surface area contributed by atoms with Gasteiger partial charge in [0.25, 0.3) is 5.91 Å². The van der Waals surface area contributed by atoms with Crippen LogP contribution in [-0.4, -0.2) is 45.0 Å². The quantitative estimate of drug-likeness (QED) is 0.876. The van der Waals surface area contributed by atoms with Gasteiger partial charge in [0.1, 0.15) is 12.2 Å². The van der Waals surface area contributed by atoms with Crippen molar-refractivity contribution < 1.29 is 18.4 Å². The number of rotatable bonds is 4. The van der Waals surface area contributed by atoms with Crippen molar-refractivity contribution in [3.63, 3.8) is 0 Å². The van der Waals surface area contributed by atoms with E-state index in [1.165, 1.54) is 6.33 Å². The fourth-order valence-electron chi connectivity index (χ4n) is 2.89. The van der Waals surface area contributed by atoms with E-state index >= 15 is 0 Å². The highest BCUT2D eigenvalue weighted by Gasteiger charge is 2.29. The van der Waals surface area contributed by atoms with E-state index in [1.807, 2.05) is 0 Å². The number of nitrogens with zero attached hydrogens (tertiary/aromatic N) is 3. The number of carbonyl (C=O) groups excluding carboxylic acids is 2. The molecule has 1 unspecified atom stereocenters. The molecule has 0 aliphatic carbocycles. The number of H-pyrrole nitrogens is 1. The molecule has 1 aliphatic rings. The van der Waals surface area contributed by atoms with Crippen LogP contribution in [0.2, 0.25) is 0 Å². The molecule has 0 spiro atoms. The molecule has 2 heterocycles. The standard InChI is InChI=1S/C16H17F2N5O2/c17-11-5-4-10(7-12(11)18)16(25)19-8-14(24)23-6-2-1-3-13(23)15-20-9-21-22-15/h4-5,7,9,13H,1-3,6,8H2,(H,19,25)(H,20,21,22). The summed E-state index contributed by atoms with van der Waals surface area (Å²) in [5, 5.41) is 9.03. The number of benzene rings is 1. The minimum absolute atomic E-state index is 0.0443. The highest BCUT2D eigenvalue weighted by molar-refractivity contribution is 5.96. The number of carbonyl (C=O) groups is 2. The first-order chi connectivity index (χ1) is 12.1. The summed E-state index contributed by atoms with van der Waals surface area (Å²) in [6.07, 6.45) is 3.99. The van der Waals surface area contributed by atoms with Gasteiger partial charge in [0.2, 0.25) is 5.91 Å². The number of nitrogens with one attached hydrogen (secondary N) is 2. The van der Waals surface area contributed by atoms with E-state index in [0.29, 0.717) is 12.4 Å². The summed E-state index contributed by atoms with van der Waals surface area (Å²) in [7, 11) is 0. The fourth-order valence-corrected chi connectivity index (χ4v) is 2.89. The lowest BCUT2D eigenvalue weighted by molar-refractivity contribution is -0.134. The molecule has 1 saturated heterocycles. The molecule has 2 aromatic rings. The van der Waals surface area contributed by atoms with Gasteiger partial charge >= 0.3 is 0 Å². The van der Waals surface area contributed by atoms with Gasteiger partial charge in [0, 0.05) is 12.1 Å². The van der Waals surface area contributed by atoms with Crippen molar-refractivity contribution in [1.82, 2.24) is 25.4 Å². The molecule has 3 rings (SSSR count). The highest BCUT2D eigenvalue weighted by Crippen LogP contribution is 2.28. The molecule has 1 atom stereocenters. The normalized spacial score (nSPS) is 17.4. The van der Waals surface area contributed by atoms with Crippen molar-refractivity contribution in [1.29, 1.82) is 0 Å². The molecule has 9 heteroatoms. The van der Waals surface area contributed by atoms with Crippen molar-refractivity contribution in [2.75, 3.05) is 13.1 Å². The van der Waals surface area contributed by atoms with Crippen molar-refractivity contribution in [3.05, 3.63) is 47.5 Å². The highest BCUT2D eigenvalue weighted by atomic mass is 19.2. The summed E-state index contributed by atoms with van der Waals surface area (Å²) >= 11 is 0. The summed E-state index contributed by atoms with van der Waals surface area (Å²) in [4.78, 5) is 30.2. The molecule has 2 N–H and O–H groups in total. The van der Waals surface area contributed by atoms with Crippen LogP contribution in [-0.2, 0) is 4.79 Å². The summed E-state index contributed by atoms with van der Waals surface area (Å²) in [6.45, 7) is 0.327. The Hall–Kier alpha value is -2.84. The number of aromatic amines is 1. The van der Waals surface area contributed by atoms with Gasteiger partial charge in [-0.05, 0) is 37.5 Å². The minimum Gasteiger partial charge on any atom is -0.343 e. The van der Waals surface area contributed by atoms with Crippen LogP contribution >= 0.6 is 0 Å². The topological polar surface area (TPSA) is 91.0 Å². The van der Waals surface area contributed by atoms with E-state index in [2.05, 4.69) is 20.5 Å². The third kappa shape index (κ3) is 3.81. The largest absolute Gasteiger partial charge is 0.343 e. The molecular formula is C16H17F2N5O2. The van der Waals surface area contributed by atoms with Crippen molar-refractivity contribution in [2.24, 2.45) is 0 Å². The second-order valence-corrected chi connectivity index (χ2v) is 5.78. The first-order valence-corrected chi connectivity index (χ1v) is 7.94.